The van der Waals surface area contributed by atoms with Crippen LogP contribution in [0.3, 0.4) is 0 Å². The first-order valence-electron chi connectivity index (χ1n) is 8.58. The summed E-state index contributed by atoms with van der Waals surface area (Å²) in [7, 11) is 4.14. The van der Waals surface area contributed by atoms with Crippen LogP contribution in [0.5, 0.6) is 0 Å². The van der Waals surface area contributed by atoms with Gasteiger partial charge in [0.1, 0.15) is 0 Å². The zero-order chi connectivity index (χ0) is 15.8. The molecule has 0 aliphatic heterocycles. The molecule has 2 N–H and O–H groups in total. The van der Waals surface area contributed by atoms with Gasteiger partial charge >= 0.3 is 0 Å². The number of carbonyl (C=O) groups is 1. The maximum absolute atomic E-state index is 12.7. The molecule has 0 spiro atoms. The van der Waals surface area contributed by atoms with Crippen molar-refractivity contribution in [3.05, 3.63) is 0 Å². The molecule has 1 atom stereocenters. The Labute approximate surface area is 131 Å². The van der Waals surface area contributed by atoms with Gasteiger partial charge < -0.3 is 15.5 Å². The Morgan fingerprint density at radius 3 is 2.29 bits per heavy atom. The van der Waals surface area contributed by atoms with E-state index in [4.69, 9.17) is 5.73 Å². The summed E-state index contributed by atoms with van der Waals surface area (Å²) in [4.78, 5) is 17.1. The van der Waals surface area contributed by atoms with Gasteiger partial charge in [-0.25, -0.2) is 0 Å². The van der Waals surface area contributed by atoms with E-state index in [1.165, 1.54) is 25.7 Å². The summed E-state index contributed by atoms with van der Waals surface area (Å²) in [5.41, 5.74) is 5.87. The van der Waals surface area contributed by atoms with Gasteiger partial charge in [-0.15, -0.1) is 0 Å². The standard InChI is InChI=1S/C17H35N3O/c1-14(2)11-15(13-18)12-17(21)20(10-9-19(3)4)16-7-5-6-8-16/h14-16H,5-13,18H2,1-4H3. The van der Waals surface area contributed by atoms with Crippen molar-refractivity contribution in [2.24, 2.45) is 17.6 Å². The number of rotatable bonds is 9. The monoisotopic (exact) mass is 297 g/mol. The number of nitrogens with two attached hydrogens (primary N) is 1. The van der Waals surface area contributed by atoms with Crippen molar-refractivity contribution in [3.8, 4) is 0 Å². The number of carbonyl (C=O) groups excluding carboxylic acids is 1. The lowest BCUT2D eigenvalue weighted by Crippen LogP contribution is -2.43. The number of hydrogen-bond donors (Lipinski definition) is 1. The van der Waals surface area contributed by atoms with Crippen LogP contribution in [-0.2, 0) is 4.79 Å². The van der Waals surface area contributed by atoms with Crippen LogP contribution in [-0.4, -0.2) is 55.5 Å². The van der Waals surface area contributed by atoms with Crippen LogP contribution in [0.25, 0.3) is 0 Å². The summed E-state index contributed by atoms with van der Waals surface area (Å²) in [6, 6.07) is 0.468. The maximum atomic E-state index is 12.7. The van der Waals surface area contributed by atoms with Gasteiger partial charge in [-0.1, -0.05) is 26.7 Å². The van der Waals surface area contributed by atoms with Gasteiger partial charge in [-0.3, -0.25) is 4.79 Å². The van der Waals surface area contributed by atoms with Crippen molar-refractivity contribution < 1.29 is 4.79 Å². The third-order valence-electron chi connectivity index (χ3n) is 4.48. The molecule has 0 bridgehead atoms. The van der Waals surface area contributed by atoms with Crippen molar-refractivity contribution in [2.75, 3.05) is 33.7 Å². The van der Waals surface area contributed by atoms with Crippen LogP contribution < -0.4 is 5.73 Å². The largest absolute Gasteiger partial charge is 0.338 e. The third kappa shape index (κ3) is 6.79. The van der Waals surface area contributed by atoms with Crippen LogP contribution in [0.2, 0.25) is 0 Å². The molecule has 4 heteroatoms. The maximum Gasteiger partial charge on any atom is 0.223 e. The second-order valence-electron chi connectivity index (χ2n) is 7.26. The highest BCUT2D eigenvalue weighted by atomic mass is 16.2. The Hall–Kier alpha value is -0.610. The summed E-state index contributed by atoms with van der Waals surface area (Å²) in [6.07, 6.45) is 6.56. The van der Waals surface area contributed by atoms with Crippen molar-refractivity contribution >= 4 is 5.91 Å². The first kappa shape index (κ1) is 18.4. The predicted octanol–water partition coefficient (Wildman–Crippen LogP) is 2.33. The van der Waals surface area contributed by atoms with E-state index in [2.05, 4.69) is 37.7 Å². The fourth-order valence-electron chi connectivity index (χ4n) is 3.33. The summed E-state index contributed by atoms with van der Waals surface area (Å²) in [5.74, 6) is 1.26. The lowest BCUT2D eigenvalue weighted by Gasteiger charge is -2.31. The molecular weight excluding hydrogens is 262 g/mol. The lowest BCUT2D eigenvalue weighted by molar-refractivity contribution is -0.134. The second-order valence-corrected chi connectivity index (χ2v) is 7.26. The summed E-state index contributed by atoms with van der Waals surface area (Å²) >= 11 is 0. The molecule has 1 saturated carbocycles. The fraction of sp³-hybridized carbons (Fsp3) is 0.941. The number of hydrogen-bond acceptors (Lipinski definition) is 3. The van der Waals surface area contributed by atoms with E-state index in [0.29, 0.717) is 36.8 Å². The highest BCUT2D eigenvalue weighted by molar-refractivity contribution is 5.76. The molecule has 124 valence electrons. The van der Waals surface area contributed by atoms with E-state index in [-0.39, 0.29) is 0 Å². The Morgan fingerprint density at radius 1 is 1.19 bits per heavy atom. The van der Waals surface area contributed by atoms with Crippen LogP contribution in [0.15, 0.2) is 0 Å². The lowest BCUT2D eigenvalue weighted by atomic mass is 9.93. The van der Waals surface area contributed by atoms with Crippen LogP contribution in [0, 0.1) is 11.8 Å². The molecule has 1 amide bonds. The molecule has 0 aromatic carbocycles. The van der Waals surface area contributed by atoms with Crippen molar-refractivity contribution in [1.29, 1.82) is 0 Å². The molecule has 1 aliphatic carbocycles. The number of nitrogens with zero attached hydrogens (tertiary/aromatic N) is 2. The number of likely N-dealkylation sites (N-methyl/N-ethyl adjacent to an activating group) is 1. The second kappa shape index (κ2) is 9.42. The molecule has 1 rings (SSSR count). The molecule has 0 saturated heterocycles. The molecule has 1 fully saturated rings. The quantitative estimate of drug-likeness (QED) is 0.710. The molecule has 0 radical (unpaired) electrons. The van der Waals surface area contributed by atoms with Crippen molar-refractivity contribution in [1.82, 2.24) is 9.80 Å². The fourth-order valence-corrected chi connectivity index (χ4v) is 3.33. The minimum Gasteiger partial charge on any atom is -0.338 e. The third-order valence-corrected chi connectivity index (χ3v) is 4.48. The number of amides is 1. The van der Waals surface area contributed by atoms with Crippen molar-refractivity contribution in [3.63, 3.8) is 0 Å². The van der Waals surface area contributed by atoms with Gasteiger partial charge in [0.05, 0.1) is 0 Å². The van der Waals surface area contributed by atoms with Gasteiger partial charge in [0.2, 0.25) is 5.91 Å². The van der Waals surface area contributed by atoms with E-state index < -0.39 is 0 Å². The topological polar surface area (TPSA) is 49.6 Å². The van der Waals surface area contributed by atoms with Gasteiger partial charge in [0, 0.05) is 25.6 Å². The van der Waals surface area contributed by atoms with E-state index in [1.807, 2.05) is 0 Å². The Kier molecular flexibility index (Phi) is 8.27. The average molecular weight is 297 g/mol. The minimum atomic E-state index is 0.319. The highest BCUT2D eigenvalue weighted by Crippen LogP contribution is 2.25. The Balaban J connectivity index is 2.60. The summed E-state index contributed by atoms with van der Waals surface area (Å²) in [6.45, 7) is 6.83. The highest BCUT2D eigenvalue weighted by Gasteiger charge is 2.27. The van der Waals surface area contributed by atoms with Crippen LogP contribution >= 0.6 is 0 Å². The first-order chi connectivity index (χ1) is 9.93. The predicted molar refractivity (Wildman–Crippen MR) is 89.1 cm³/mol. The molecule has 1 unspecified atom stereocenters. The van der Waals surface area contributed by atoms with Crippen molar-refractivity contribution in [2.45, 2.75) is 58.4 Å². The molecule has 0 heterocycles. The molecule has 1 aliphatic rings. The van der Waals surface area contributed by atoms with Gasteiger partial charge in [-0.05, 0) is 51.7 Å². The molecule has 0 aromatic heterocycles. The Bertz CT molecular complexity index is 298. The summed E-state index contributed by atoms with van der Waals surface area (Å²) < 4.78 is 0. The Morgan fingerprint density at radius 2 is 1.81 bits per heavy atom. The SMILES string of the molecule is CC(C)CC(CN)CC(=O)N(CCN(C)C)C1CCCC1. The van der Waals surface area contributed by atoms with E-state index in [0.717, 1.165) is 19.5 Å². The summed E-state index contributed by atoms with van der Waals surface area (Å²) in [5, 5.41) is 0. The smallest absolute Gasteiger partial charge is 0.223 e. The van der Waals surface area contributed by atoms with E-state index >= 15 is 0 Å². The zero-order valence-corrected chi connectivity index (χ0v) is 14.5. The molecule has 0 aromatic rings. The zero-order valence-electron chi connectivity index (χ0n) is 14.5. The average Bonchev–Trinajstić information content (AvgIpc) is 2.91. The first-order valence-corrected chi connectivity index (χ1v) is 8.58. The van der Waals surface area contributed by atoms with Gasteiger partial charge in [0.25, 0.3) is 0 Å². The van der Waals surface area contributed by atoms with E-state index in [1.54, 1.807) is 0 Å². The van der Waals surface area contributed by atoms with Gasteiger partial charge in [-0.2, -0.15) is 0 Å². The molecular formula is C17H35N3O. The van der Waals surface area contributed by atoms with Crippen LogP contribution in [0.1, 0.15) is 52.4 Å². The molecule has 21 heavy (non-hydrogen) atoms. The van der Waals surface area contributed by atoms with Crippen LogP contribution in [0.4, 0.5) is 0 Å². The van der Waals surface area contributed by atoms with E-state index in [9.17, 15) is 4.79 Å². The van der Waals surface area contributed by atoms with Gasteiger partial charge in [0.15, 0.2) is 0 Å². The minimum absolute atomic E-state index is 0.319. The normalized spacial score (nSPS) is 17.7. The molecule has 4 nitrogen and oxygen atoms in total.